The first-order chi connectivity index (χ1) is 5.34. The van der Waals surface area contributed by atoms with E-state index in [0.29, 0.717) is 18.8 Å². The molecule has 1 nitrogen and oxygen atoms in total. The summed E-state index contributed by atoms with van der Waals surface area (Å²) in [5, 5.41) is 0. The molecule has 12 heavy (non-hydrogen) atoms. The highest BCUT2D eigenvalue weighted by molar-refractivity contribution is 5.83. The molecule has 0 bridgehead atoms. The van der Waals surface area contributed by atoms with E-state index in [1.54, 1.807) is 0 Å². The van der Waals surface area contributed by atoms with Gasteiger partial charge in [0, 0.05) is 6.42 Å². The van der Waals surface area contributed by atoms with Gasteiger partial charge in [-0.15, -0.1) is 0 Å². The average Bonchev–Trinajstić information content (AvgIpc) is 1.84. The maximum absolute atomic E-state index is 11.6. The molecule has 0 spiro atoms. The second-order valence-corrected chi connectivity index (χ2v) is 3.21. The summed E-state index contributed by atoms with van der Waals surface area (Å²) >= 11 is 0. The summed E-state index contributed by atoms with van der Waals surface area (Å²) in [5.41, 5.74) is 0. The molecule has 0 saturated carbocycles. The largest absolute Gasteiger partial charge is 0.449 e. The van der Waals surface area contributed by atoms with Crippen LogP contribution in [0.1, 0.15) is 33.1 Å². The molecule has 0 atom stereocenters. The maximum Gasteiger partial charge on any atom is 0.449 e. The van der Waals surface area contributed by atoms with Gasteiger partial charge in [-0.05, 0) is 12.3 Å². The predicted octanol–water partition coefficient (Wildman–Crippen LogP) is 2.94. The average molecular weight is 182 g/mol. The van der Waals surface area contributed by atoms with Crippen LogP contribution >= 0.6 is 0 Å². The number of Topliss-reactive ketones (excluding diaryl/α,β-unsaturated/α-hetero) is 1. The highest BCUT2D eigenvalue weighted by atomic mass is 19.4. The third-order valence-electron chi connectivity index (χ3n) is 1.50. The van der Waals surface area contributed by atoms with E-state index in [-0.39, 0.29) is 6.42 Å². The van der Waals surface area contributed by atoms with Gasteiger partial charge in [-0.25, -0.2) is 0 Å². The molecule has 0 aliphatic rings. The minimum Gasteiger partial charge on any atom is -0.290 e. The Labute approximate surface area is 70.0 Å². The number of carbonyl (C=O) groups excluding carboxylic acids is 1. The lowest BCUT2D eigenvalue weighted by atomic mass is 10.0. The normalized spacial score (nSPS) is 12.2. The summed E-state index contributed by atoms with van der Waals surface area (Å²) in [7, 11) is 0. The van der Waals surface area contributed by atoms with E-state index in [4.69, 9.17) is 0 Å². The fourth-order valence-corrected chi connectivity index (χ4v) is 0.813. The van der Waals surface area contributed by atoms with Crippen molar-refractivity contribution < 1.29 is 18.0 Å². The van der Waals surface area contributed by atoms with Crippen molar-refractivity contribution in [3.63, 3.8) is 0 Å². The Morgan fingerprint density at radius 2 is 1.83 bits per heavy atom. The van der Waals surface area contributed by atoms with Gasteiger partial charge in [-0.3, -0.25) is 4.79 Å². The highest BCUT2D eigenvalue weighted by Crippen LogP contribution is 2.19. The number of alkyl halides is 3. The molecule has 0 heterocycles. The summed E-state index contributed by atoms with van der Waals surface area (Å²) in [6.07, 6.45) is -4.02. The van der Waals surface area contributed by atoms with Gasteiger partial charge in [-0.1, -0.05) is 20.3 Å². The monoisotopic (exact) mass is 182 g/mol. The van der Waals surface area contributed by atoms with Crippen LogP contribution in [0.25, 0.3) is 0 Å². The van der Waals surface area contributed by atoms with Gasteiger partial charge in [-0.2, -0.15) is 13.2 Å². The van der Waals surface area contributed by atoms with Crippen molar-refractivity contribution in [3.05, 3.63) is 0 Å². The lowest BCUT2D eigenvalue weighted by Crippen LogP contribution is -2.22. The van der Waals surface area contributed by atoms with E-state index in [2.05, 4.69) is 0 Å². The number of halogens is 3. The minimum atomic E-state index is -4.64. The Morgan fingerprint density at radius 3 is 2.17 bits per heavy atom. The lowest BCUT2D eigenvalue weighted by Gasteiger charge is -2.05. The first-order valence-corrected chi connectivity index (χ1v) is 3.94. The van der Waals surface area contributed by atoms with Crippen molar-refractivity contribution in [1.29, 1.82) is 0 Å². The molecule has 0 saturated heterocycles. The van der Waals surface area contributed by atoms with E-state index in [0.717, 1.165) is 0 Å². The van der Waals surface area contributed by atoms with Crippen LogP contribution in [0.3, 0.4) is 0 Å². The Balaban J connectivity index is 3.59. The first-order valence-electron chi connectivity index (χ1n) is 3.94. The lowest BCUT2D eigenvalue weighted by molar-refractivity contribution is -0.171. The van der Waals surface area contributed by atoms with Crippen molar-refractivity contribution in [1.82, 2.24) is 0 Å². The zero-order valence-corrected chi connectivity index (χ0v) is 7.24. The zero-order chi connectivity index (χ0) is 9.78. The van der Waals surface area contributed by atoms with Gasteiger partial charge in [0.15, 0.2) is 0 Å². The van der Waals surface area contributed by atoms with E-state index in [1.165, 1.54) is 0 Å². The van der Waals surface area contributed by atoms with E-state index in [9.17, 15) is 18.0 Å². The molecular formula is C8H13F3O. The molecule has 0 aromatic rings. The summed E-state index contributed by atoms with van der Waals surface area (Å²) in [6, 6.07) is 0. The Bertz CT molecular complexity index is 149. The van der Waals surface area contributed by atoms with E-state index < -0.39 is 12.0 Å². The van der Waals surface area contributed by atoms with Crippen molar-refractivity contribution in [2.75, 3.05) is 0 Å². The van der Waals surface area contributed by atoms with Crippen LogP contribution in [0.4, 0.5) is 13.2 Å². The second kappa shape index (κ2) is 4.48. The Morgan fingerprint density at radius 1 is 1.33 bits per heavy atom. The minimum absolute atomic E-state index is 0.329. The number of hydrogen-bond donors (Lipinski definition) is 0. The molecule has 4 heteroatoms. The third-order valence-corrected chi connectivity index (χ3v) is 1.50. The molecule has 0 aromatic carbocycles. The van der Waals surface area contributed by atoms with Crippen LogP contribution < -0.4 is 0 Å². The van der Waals surface area contributed by atoms with Crippen molar-refractivity contribution >= 4 is 5.78 Å². The van der Waals surface area contributed by atoms with Crippen molar-refractivity contribution in [2.24, 2.45) is 5.92 Å². The van der Waals surface area contributed by atoms with Crippen LogP contribution in [0.5, 0.6) is 0 Å². The molecule has 0 unspecified atom stereocenters. The van der Waals surface area contributed by atoms with Gasteiger partial charge in [0.05, 0.1) is 0 Å². The van der Waals surface area contributed by atoms with Gasteiger partial charge >= 0.3 is 6.18 Å². The highest BCUT2D eigenvalue weighted by Gasteiger charge is 2.37. The Kier molecular flexibility index (Phi) is 4.28. The maximum atomic E-state index is 11.6. The predicted molar refractivity (Wildman–Crippen MR) is 39.8 cm³/mol. The van der Waals surface area contributed by atoms with Gasteiger partial charge in [0.1, 0.15) is 0 Å². The smallest absolute Gasteiger partial charge is 0.290 e. The molecule has 0 fully saturated rings. The van der Waals surface area contributed by atoms with Crippen molar-refractivity contribution in [2.45, 2.75) is 39.3 Å². The van der Waals surface area contributed by atoms with Gasteiger partial charge in [0.2, 0.25) is 5.78 Å². The van der Waals surface area contributed by atoms with E-state index >= 15 is 0 Å². The fraction of sp³-hybridized carbons (Fsp3) is 0.875. The zero-order valence-electron chi connectivity index (χ0n) is 7.24. The molecule has 72 valence electrons. The fourth-order valence-electron chi connectivity index (χ4n) is 0.813. The van der Waals surface area contributed by atoms with E-state index in [1.807, 2.05) is 13.8 Å². The molecule has 0 N–H and O–H groups in total. The summed E-state index contributed by atoms with van der Waals surface area (Å²) in [5.74, 6) is -1.26. The molecule has 0 radical (unpaired) electrons. The van der Waals surface area contributed by atoms with Gasteiger partial charge < -0.3 is 0 Å². The molecular weight excluding hydrogens is 169 g/mol. The number of hydrogen-bond acceptors (Lipinski definition) is 1. The van der Waals surface area contributed by atoms with Crippen LogP contribution in [-0.2, 0) is 4.79 Å². The second-order valence-electron chi connectivity index (χ2n) is 3.21. The van der Waals surface area contributed by atoms with Gasteiger partial charge in [0.25, 0.3) is 0 Å². The molecule has 0 aromatic heterocycles. The SMILES string of the molecule is CC(C)CCCC(=O)C(F)(F)F. The Hall–Kier alpha value is -0.540. The van der Waals surface area contributed by atoms with Crippen LogP contribution in [0, 0.1) is 5.92 Å². The van der Waals surface area contributed by atoms with Crippen molar-refractivity contribution in [3.8, 4) is 0 Å². The molecule has 0 aliphatic carbocycles. The number of rotatable bonds is 4. The standard InChI is InChI=1S/C8H13F3O/c1-6(2)4-3-5-7(12)8(9,10)11/h6H,3-5H2,1-2H3. The van der Waals surface area contributed by atoms with Crippen LogP contribution in [-0.4, -0.2) is 12.0 Å². The number of carbonyl (C=O) groups is 1. The third kappa shape index (κ3) is 5.16. The quantitative estimate of drug-likeness (QED) is 0.653. The number of ketones is 1. The molecule has 0 rings (SSSR count). The molecule has 0 amide bonds. The van der Waals surface area contributed by atoms with Crippen LogP contribution in [0.15, 0.2) is 0 Å². The summed E-state index contributed by atoms with van der Waals surface area (Å²) in [6.45, 7) is 3.83. The molecule has 0 aliphatic heterocycles. The van der Waals surface area contributed by atoms with Crippen LogP contribution in [0.2, 0.25) is 0 Å². The summed E-state index contributed by atoms with van der Waals surface area (Å²) < 4.78 is 34.9. The topological polar surface area (TPSA) is 17.1 Å². The summed E-state index contributed by atoms with van der Waals surface area (Å²) in [4.78, 5) is 10.3. The first kappa shape index (κ1) is 11.5.